The molecule has 0 fully saturated rings. The standard InChI is InChI=1S/C10H11FO3/c1-7(12)14-6-8-3-4-10(13-2)9(11)5-8/h3-5H,6H2,1-2H3. The molecule has 0 saturated carbocycles. The monoisotopic (exact) mass is 198 g/mol. The van der Waals surface area contributed by atoms with E-state index in [-0.39, 0.29) is 18.3 Å². The van der Waals surface area contributed by atoms with Crippen LogP contribution in [-0.2, 0) is 16.1 Å². The molecule has 0 aliphatic carbocycles. The van der Waals surface area contributed by atoms with Gasteiger partial charge < -0.3 is 9.47 Å². The smallest absolute Gasteiger partial charge is 0.302 e. The normalized spacial score (nSPS) is 9.64. The summed E-state index contributed by atoms with van der Waals surface area (Å²) < 4.78 is 22.6. The number of ether oxygens (including phenoxy) is 2. The van der Waals surface area contributed by atoms with Gasteiger partial charge >= 0.3 is 5.97 Å². The third-order valence-corrected chi connectivity index (χ3v) is 1.66. The van der Waals surface area contributed by atoms with Crippen LogP contribution in [0.2, 0.25) is 0 Å². The van der Waals surface area contributed by atoms with Crippen LogP contribution < -0.4 is 4.74 Å². The molecule has 0 aliphatic rings. The predicted octanol–water partition coefficient (Wildman–Crippen LogP) is 1.90. The summed E-state index contributed by atoms with van der Waals surface area (Å²) in [7, 11) is 1.39. The Kier molecular flexibility index (Phi) is 3.45. The summed E-state index contributed by atoms with van der Waals surface area (Å²) in [6, 6.07) is 4.42. The second kappa shape index (κ2) is 4.60. The first-order chi connectivity index (χ1) is 6.63. The van der Waals surface area contributed by atoms with Crippen LogP contribution in [0.15, 0.2) is 18.2 Å². The zero-order valence-electron chi connectivity index (χ0n) is 8.04. The van der Waals surface area contributed by atoms with Gasteiger partial charge in [-0.25, -0.2) is 4.39 Å². The molecule has 0 atom stereocenters. The van der Waals surface area contributed by atoms with Crippen LogP contribution in [0.1, 0.15) is 12.5 Å². The number of benzene rings is 1. The summed E-state index contributed by atoms with van der Waals surface area (Å²) in [5.74, 6) is -0.671. The third-order valence-electron chi connectivity index (χ3n) is 1.66. The molecule has 0 unspecified atom stereocenters. The van der Waals surface area contributed by atoms with Crippen molar-refractivity contribution in [2.75, 3.05) is 7.11 Å². The molecule has 14 heavy (non-hydrogen) atoms. The Bertz CT molecular complexity index is 336. The summed E-state index contributed by atoms with van der Waals surface area (Å²) in [5, 5.41) is 0. The van der Waals surface area contributed by atoms with Crippen molar-refractivity contribution in [2.45, 2.75) is 13.5 Å². The Hall–Kier alpha value is -1.58. The van der Waals surface area contributed by atoms with E-state index in [1.54, 1.807) is 6.07 Å². The molecular formula is C10H11FO3. The number of methoxy groups -OCH3 is 1. The van der Waals surface area contributed by atoms with Gasteiger partial charge in [-0.2, -0.15) is 0 Å². The molecule has 0 spiro atoms. The van der Waals surface area contributed by atoms with Crippen LogP contribution in [0.25, 0.3) is 0 Å². The molecule has 4 heteroatoms. The average molecular weight is 198 g/mol. The minimum Gasteiger partial charge on any atom is -0.494 e. The van der Waals surface area contributed by atoms with E-state index in [0.29, 0.717) is 5.56 Å². The molecule has 0 saturated heterocycles. The highest BCUT2D eigenvalue weighted by Crippen LogP contribution is 2.17. The van der Waals surface area contributed by atoms with E-state index < -0.39 is 5.82 Å². The number of hydrogen-bond acceptors (Lipinski definition) is 3. The van der Waals surface area contributed by atoms with E-state index in [9.17, 15) is 9.18 Å². The van der Waals surface area contributed by atoms with Crippen LogP contribution in [-0.4, -0.2) is 13.1 Å². The minimum absolute atomic E-state index is 0.0796. The van der Waals surface area contributed by atoms with Gasteiger partial charge in [0.25, 0.3) is 0 Å². The number of carbonyl (C=O) groups excluding carboxylic acids is 1. The average Bonchev–Trinajstić information content (AvgIpc) is 2.15. The van der Waals surface area contributed by atoms with E-state index in [0.717, 1.165) is 0 Å². The van der Waals surface area contributed by atoms with Crippen molar-refractivity contribution < 1.29 is 18.7 Å². The van der Waals surface area contributed by atoms with Crippen LogP contribution >= 0.6 is 0 Å². The van der Waals surface area contributed by atoms with Gasteiger partial charge in [-0.05, 0) is 17.7 Å². The Labute approximate surface area is 81.4 Å². The van der Waals surface area contributed by atoms with Crippen molar-refractivity contribution in [3.05, 3.63) is 29.6 Å². The summed E-state index contributed by atoms with van der Waals surface area (Å²) in [5.41, 5.74) is 0.596. The number of esters is 1. The fourth-order valence-corrected chi connectivity index (χ4v) is 0.985. The lowest BCUT2D eigenvalue weighted by Gasteiger charge is -2.05. The quantitative estimate of drug-likeness (QED) is 0.696. The van der Waals surface area contributed by atoms with E-state index in [4.69, 9.17) is 9.47 Å². The van der Waals surface area contributed by atoms with E-state index >= 15 is 0 Å². The van der Waals surface area contributed by atoms with Crippen molar-refractivity contribution in [2.24, 2.45) is 0 Å². The van der Waals surface area contributed by atoms with Crippen LogP contribution in [0.5, 0.6) is 5.75 Å². The first kappa shape index (κ1) is 10.5. The Morgan fingerprint density at radius 1 is 1.50 bits per heavy atom. The summed E-state index contributed by atoms with van der Waals surface area (Å²) in [6.45, 7) is 1.39. The molecular weight excluding hydrogens is 187 g/mol. The lowest BCUT2D eigenvalue weighted by atomic mass is 10.2. The van der Waals surface area contributed by atoms with Gasteiger partial charge in [0, 0.05) is 6.92 Å². The van der Waals surface area contributed by atoms with Crippen molar-refractivity contribution in [1.29, 1.82) is 0 Å². The highest BCUT2D eigenvalue weighted by atomic mass is 19.1. The SMILES string of the molecule is COc1ccc(COC(C)=O)cc1F. The van der Waals surface area contributed by atoms with Crippen molar-refractivity contribution in [1.82, 2.24) is 0 Å². The molecule has 1 rings (SSSR count). The first-order valence-corrected chi connectivity index (χ1v) is 4.09. The van der Waals surface area contributed by atoms with E-state index in [1.165, 1.54) is 26.2 Å². The molecule has 0 aliphatic heterocycles. The molecule has 1 aromatic carbocycles. The highest BCUT2D eigenvalue weighted by Gasteiger charge is 2.04. The summed E-state index contributed by atoms with van der Waals surface area (Å²) >= 11 is 0. The second-order valence-corrected chi connectivity index (χ2v) is 2.75. The van der Waals surface area contributed by atoms with Gasteiger partial charge in [0.2, 0.25) is 0 Å². The second-order valence-electron chi connectivity index (χ2n) is 2.75. The van der Waals surface area contributed by atoms with Gasteiger partial charge in [0.15, 0.2) is 11.6 Å². The highest BCUT2D eigenvalue weighted by molar-refractivity contribution is 5.65. The fraction of sp³-hybridized carbons (Fsp3) is 0.300. The maximum atomic E-state index is 13.1. The van der Waals surface area contributed by atoms with Crippen molar-refractivity contribution >= 4 is 5.97 Å². The van der Waals surface area contributed by atoms with Crippen LogP contribution in [0, 0.1) is 5.82 Å². The number of halogens is 1. The molecule has 76 valence electrons. The molecule has 0 N–H and O–H groups in total. The maximum Gasteiger partial charge on any atom is 0.302 e. The van der Waals surface area contributed by atoms with Crippen molar-refractivity contribution in [3.63, 3.8) is 0 Å². The minimum atomic E-state index is -0.461. The zero-order valence-corrected chi connectivity index (χ0v) is 8.04. The van der Waals surface area contributed by atoms with Crippen LogP contribution in [0.4, 0.5) is 4.39 Å². The van der Waals surface area contributed by atoms with Gasteiger partial charge in [0.05, 0.1) is 7.11 Å². The lowest BCUT2D eigenvalue weighted by molar-refractivity contribution is -0.142. The molecule has 1 aromatic rings. The Morgan fingerprint density at radius 2 is 2.21 bits per heavy atom. The topological polar surface area (TPSA) is 35.5 Å². The largest absolute Gasteiger partial charge is 0.494 e. The van der Waals surface area contributed by atoms with Gasteiger partial charge in [-0.1, -0.05) is 6.07 Å². The van der Waals surface area contributed by atoms with Gasteiger partial charge in [0.1, 0.15) is 6.61 Å². The maximum absolute atomic E-state index is 13.1. The fourth-order valence-electron chi connectivity index (χ4n) is 0.985. The first-order valence-electron chi connectivity index (χ1n) is 4.09. The predicted molar refractivity (Wildman–Crippen MR) is 48.4 cm³/mol. The Balaban J connectivity index is 2.71. The third kappa shape index (κ3) is 2.73. The number of hydrogen-bond donors (Lipinski definition) is 0. The molecule has 0 heterocycles. The molecule has 0 radical (unpaired) electrons. The zero-order chi connectivity index (χ0) is 10.6. The summed E-state index contributed by atoms with van der Waals surface area (Å²) in [6.07, 6.45) is 0. The van der Waals surface area contributed by atoms with E-state index in [2.05, 4.69) is 0 Å². The molecule has 3 nitrogen and oxygen atoms in total. The Morgan fingerprint density at radius 3 is 2.71 bits per heavy atom. The molecule has 0 bridgehead atoms. The van der Waals surface area contributed by atoms with Gasteiger partial charge in [-0.15, -0.1) is 0 Å². The van der Waals surface area contributed by atoms with E-state index in [1.807, 2.05) is 0 Å². The molecule has 0 amide bonds. The molecule has 0 aromatic heterocycles. The number of carbonyl (C=O) groups is 1. The van der Waals surface area contributed by atoms with Crippen LogP contribution in [0.3, 0.4) is 0 Å². The summed E-state index contributed by atoms with van der Waals surface area (Å²) in [4.78, 5) is 10.5. The lowest BCUT2D eigenvalue weighted by Crippen LogP contribution is -1.99. The van der Waals surface area contributed by atoms with Crippen molar-refractivity contribution in [3.8, 4) is 5.75 Å². The van der Waals surface area contributed by atoms with Gasteiger partial charge in [-0.3, -0.25) is 4.79 Å². The number of rotatable bonds is 3.